The highest BCUT2D eigenvalue weighted by Crippen LogP contribution is 2.26. The number of thiazole rings is 1. The number of pyridine rings is 1. The summed E-state index contributed by atoms with van der Waals surface area (Å²) in [6.07, 6.45) is 4.41. The van der Waals surface area contributed by atoms with Crippen LogP contribution in [0.4, 0.5) is 0 Å². The third-order valence-corrected chi connectivity index (χ3v) is 8.13. The van der Waals surface area contributed by atoms with Gasteiger partial charge in [0.15, 0.2) is 0 Å². The molecule has 3 heterocycles. The summed E-state index contributed by atoms with van der Waals surface area (Å²) < 4.78 is 33.0. The third kappa shape index (κ3) is 4.84. The average Bonchev–Trinajstić information content (AvgIpc) is 3.27. The Morgan fingerprint density at radius 2 is 2.10 bits per heavy atom. The van der Waals surface area contributed by atoms with E-state index in [1.54, 1.807) is 18.3 Å². The van der Waals surface area contributed by atoms with E-state index in [1.807, 2.05) is 30.5 Å². The predicted molar refractivity (Wildman–Crippen MR) is 118 cm³/mol. The van der Waals surface area contributed by atoms with Crippen LogP contribution in [0.5, 0.6) is 0 Å². The SMILES string of the molecule is CC1CCCCN1S(=O)(=O)c1cccc(C(=O)OCc2csc(-c3ccccn3)n2)c1. The Kier molecular flexibility index (Phi) is 6.45. The molecule has 9 heteroatoms. The molecule has 3 aromatic rings. The molecule has 0 aliphatic carbocycles. The van der Waals surface area contributed by atoms with Gasteiger partial charge in [0.2, 0.25) is 10.0 Å². The fourth-order valence-electron chi connectivity index (χ4n) is 3.55. The van der Waals surface area contributed by atoms with Crippen LogP contribution in [-0.4, -0.2) is 41.2 Å². The fourth-order valence-corrected chi connectivity index (χ4v) is 6.08. The molecule has 162 valence electrons. The summed E-state index contributed by atoms with van der Waals surface area (Å²) in [5.74, 6) is -0.587. The molecular formula is C22H23N3O4S2. The summed E-state index contributed by atoms with van der Waals surface area (Å²) in [6.45, 7) is 2.42. The highest BCUT2D eigenvalue weighted by Gasteiger charge is 2.31. The first kappa shape index (κ1) is 21.6. The maximum Gasteiger partial charge on any atom is 0.338 e. The Hall–Kier alpha value is -2.62. The standard InChI is InChI=1S/C22H23N3O4S2/c1-16-7-3-5-12-25(16)31(27,28)19-9-6-8-17(13-19)22(26)29-14-18-15-30-21(24-18)20-10-2-4-11-23-20/h2,4,6,8-11,13,15-16H,3,5,7,12,14H2,1H3. The van der Waals surface area contributed by atoms with Gasteiger partial charge in [0.05, 0.1) is 21.8 Å². The molecule has 0 spiro atoms. The Bertz CT molecular complexity index is 1160. The lowest BCUT2D eigenvalue weighted by molar-refractivity contribution is 0.0468. The van der Waals surface area contributed by atoms with Crippen molar-refractivity contribution in [3.63, 3.8) is 0 Å². The predicted octanol–water partition coefficient (Wildman–Crippen LogP) is 4.13. The molecule has 1 aliphatic heterocycles. The summed E-state index contributed by atoms with van der Waals surface area (Å²) in [7, 11) is -3.65. The summed E-state index contributed by atoms with van der Waals surface area (Å²) in [5.41, 5.74) is 1.57. The largest absolute Gasteiger partial charge is 0.456 e. The van der Waals surface area contributed by atoms with Crippen molar-refractivity contribution in [1.29, 1.82) is 0 Å². The van der Waals surface area contributed by atoms with E-state index in [2.05, 4.69) is 9.97 Å². The van der Waals surface area contributed by atoms with Crippen LogP contribution >= 0.6 is 11.3 Å². The molecule has 0 bridgehead atoms. The van der Waals surface area contributed by atoms with Crippen LogP contribution < -0.4 is 0 Å². The second-order valence-electron chi connectivity index (χ2n) is 7.42. The Morgan fingerprint density at radius 1 is 1.23 bits per heavy atom. The molecule has 1 aliphatic rings. The topological polar surface area (TPSA) is 89.5 Å². The number of hydrogen-bond acceptors (Lipinski definition) is 7. The number of benzene rings is 1. The number of ether oxygens (including phenoxy) is 1. The number of piperidine rings is 1. The van der Waals surface area contributed by atoms with Crippen molar-refractivity contribution in [3.8, 4) is 10.7 Å². The van der Waals surface area contributed by atoms with E-state index in [-0.39, 0.29) is 23.1 Å². The van der Waals surface area contributed by atoms with Gasteiger partial charge in [-0.2, -0.15) is 4.31 Å². The minimum atomic E-state index is -3.65. The number of esters is 1. The number of nitrogens with zero attached hydrogens (tertiary/aromatic N) is 3. The molecule has 0 saturated carbocycles. The van der Waals surface area contributed by atoms with Crippen LogP contribution in [0.2, 0.25) is 0 Å². The second kappa shape index (κ2) is 9.25. The number of carbonyl (C=O) groups excluding carboxylic acids is 1. The number of rotatable bonds is 6. The van der Waals surface area contributed by atoms with Gasteiger partial charge in [-0.25, -0.2) is 18.2 Å². The minimum absolute atomic E-state index is 0.00229. The molecule has 1 fully saturated rings. The maximum atomic E-state index is 13.0. The molecule has 7 nitrogen and oxygen atoms in total. The molecule has 1 atom stereocenters. The van der Waals surface area contributed by atoms with Gasteiger partial charge in [-0.15, -0.1) is 11.3 Å². The molecule has 0 N–H and O–H groups in total. The third-order valence-electron chi connectivity index (χ3n) is 5.21. The van der Waals surface area contributed by atoms with Gasteiger partial charge in [-0.3, -0.25) is 4.98 Å². The van der Waals surface area contributed by atoms with Gasteiger partial charge >= 0.3 is 5.97 Å². The molecule has 1 saturated heterocycles. The van der Waals surface area contributed by atoms with E-state index < -0.39 is 16.0 Å². The number of hydrogen-bond donors (Lipinski definition) is 0. The number of carbonyl (C=O) groups is 1. The molecule has 0 radical (unpaired) electrons. The Morgan fingerprint density at radius 3 is 2.87 bits per heavy atom. The van der Waals surface area contributed by atoms with Gasteiger partial charge < -0.3 is 4.74 Å². The Balaban J connectivity index is 1.45. The van der Waals surface area contributed by atoms with Crippen molar-refractivity contribution in [2.45, 2.75) is 43.7 Å². The van der Waals surface area contributed by atoms with Crippen molar-refractivity contribution in [2.24, 2.45) is 0 Å². The Labute approximate surface area is 185 Å². The molecule has 31 heavy (non-hydrogen) atoms. The zero-order chi connectivity index (χ0) is 21.8. The van der Waals surface area contributed by atoms with E-state index in [9.17, 15) is 13.2 Å². The van der Waals surface area contributed by atoms with Gasteiger partial charge in [0.1, 0.15) is 11.6 Å². The lowest BCUT2D eigenvalue weighted by atomic mass is 10.1. The monoisotopic (exact) mass is 457 g/mol. The smallest absolute Gasteiger partial charge is 0.338 e. The van der Waals surface area contributed by atoms with Crippen molar-refractivity contribution < 1.29 is 17.9 Å². The molecule has 1 unspecified atom stereocenters. The van der Waals surface area contributed by atoms with Gasteiger partial charge in [-0.05, 0) is 50.1 Å². The number of aromatic nitrogens is 2. The minimum Gasteiger partial charge on any atom is -0.456 e. The molecule has 4 rings (SSSR count). The van der Waals surface area contributed by atoms with Crippen LogP contribution in [0.3, 0.4) is 0 Å². The lowest BCUT2D eigenvalue weighted by Gasteiger charge is -2.32. The quantitative estimate of drug-likeness (QED) is 0.517. The van der Waals surface area contributed by atoms with Crippen molar-refractivity contribution in [2.75, 3.05) is 6.54 Å². The van der Waals surface area contributed by atoms with E-state index in [0.29, 0.717) is 12.2 Å². The summed E-state index contributed by atoms with van der Waals surface area (Å²) in [6, 6.07) is 11.6. The van der Waals surface area contributed by atoms with Crippen molar-refractivity contribution >= 4 is 27.3 Å². The zero-order valence-corrected chi connectivity index (χ0v) is 18.7. The fraction of sp³-hybridized carbons (Fsp3) is 0.318. The highest BCUT2D eigenvalue weighted by molar-refractivity contribution is 7.89. The normalized spacial score (nSPS) is 17.4. The zero-order valence-electron chi connectivity index (χ0n) is 17.1. The van der Waals surface area contributed by atoms with Crippen LogP contribution in [0, 0.1) is 0 Å². The van der Waals surface area contributed by atoms with Gasteiger partial charge in [-0.1, -0.05) is 18.6 Å². The average molecular weight is 458 g/mol. The second-order valence-corrected chi connectivity index (χ2v) is 10.2. The van der Waals surface area contributed by atoms with E-state index in [4.69, 9.17) is 4.74 Å². The first-order valence-corrected chi connectivity index (χ1v) is 12.4. The summed E-state index contributed by atoms with van der Waals surface area (Å²) in [4.78, 5) is 21.4. The van der Waals surface area contributed by atoms with E-state index in [1.165, 1.54) is 27.8 Å². The van der Waals surface area contributed by atoms with E-state index in [0.717, 1.165) is 30.0 Å². The first-order valence-electron chi connectivity index (χ1n) is 10.1. The van der Waals surface area contributed by atoms with Crippen molar-refractivity contribution in [3.05, 3.63) is 65.3 Å². The van der Waals surface area contributed by atoms with Gasteiger partial charge in [0.25, 0.3) is 0 Å². The van der Waals surface area contributed by atoms with Crippen LogP contribution in [0.25, 0.3) is 10.7 Å². The first-order chi connectivity index (χ1) is 14.9. The summed E-state index contributed by atoms with van der Waals surface area (Å²) >= 11 is 1.42. The van der Waals surface area contributed by atoms with Gasteiger partial charge in [0, 0.05) is 24.2 Å². The van der Waals surface area contributed by atoms with Crippen LogP contribution in [0.15, 0.2) is 58.9 Å². The lowest BCUT2D eigenvalue weighted by Crippen LogP contribution is -2.41. The highest BCUT2D eigenvalue weighted by atomic mass is 32.2. The van der Waals surface area contributed by atoms with Crippen LogP contribution in [0.1, 0.15) is 42.2 Å². The van der Waals surface area contributed by atoms with E-state index >= 15 is 0 Å². The number of sulfonamides is 1. The summed E-state index contributed by atoms with van der Waals surface area (Å²) in [5, 5.41) is 2.56. The molecular weight excluding hydrogens is 434 g/mol. The molecule has 0 amide bonds. The maximum absolute atomic E-state index is 13.0. The molecule has 2 aromatic heterocycles. The molecule has 1 aromatic carbocycles. The van der Waals surface area contributed by atoms with Crippen LogP contribution in [-0.2, 0) is 21.4 Å². The van der Waals surface area contributed by atoms with Crippen molar-refractivity contribution in [1.82, 2.24) is 14.3 Å².